The van der Waals surface area contributed by atoms with Crippen LogP contribution < -0.4 is 4.74 Å². The van der Waals surface area contributed by atoms with Gasteiger partial charge in [0.2, 0.25) is 5.88 Å². The zero-order valence-corrected chi connectivity index (χ0v) is 17.3. The van der Waals surface area contributed by atoms with Crippen molar-refractivity contribution in [2.75, 3.05) is 13.2 Å². The highest BCUT2D eigenvalue weighted by Gasteiger charge is 2.32. The number of alkyl halides is 3. The van der Waals surface area contributed by atoms with Gasteiger partial charge in [-0.15, -0.1) is 4.80 Å². The first-order valence-corrected chi connectivity index (χ1v) is 9.55. The number of hydrogen-bond donors (Lipinski definition) is 0. The Balaban J connectivity index is 1.81. The number of aromatic nitrogens is 4. The molecule has 3 rings (SSSR count). The lowest BCUT2D eigenvalue weighted by Gasteiger charge is -2.28. The van der Waals surface area contributed by atoms with Gasteiger partial charge in [-0.3, -0.25) is 4.79 Å². The number of hydrogen-bond acceptors (Lipinski definition) is 5. The zero-order valence-electron chi connectivity index (χ0n) is 17.3. The van der Waals surface area contributed by atoms with Crippen LogP contribution in [-0.2, 0) is 6.18 Å². The summed E-state index contributed by atoms with van der Waals surface area (Å²) in [6.45, 7) is 2.89. The molecule has 0 N–H and O–H groups in total. The number of benzene rings is 1. The molecule has 2 heterocycles. The van der Waals surface area contributed by atoms with E-state index in [1.807, 2.05) is 0 Å². The molecule has 176 valence electrons. The lowest BCUT2D eigenvalue weighted by molar-refractivity contribution is -0.138. The molecule has 0 fully saturated rings. The lowest BCUT2D eigenvalue weighted by atomic mass is 10.1. The van der Waals surface area contributed by atoms with Crippen LogP contribution in [0.5, 0.6) is 5.88 Å². The number of halogens is 6. The molecule has 7 nitrogen and oxygen atoms in total. The highest BCUT2D eigenvalue weighted by atomic mass is 19.4. The van der Waals surface area contributed by atoms with Crippen molar-refractivity contribution in [2.24, 2.45) is 0 Å². The fourth-order valence-corrected chi connectivity index (χ4v) is 3.03. The summed E-state index contributed by atoms with van der Waals surface area (Å²) in [4.78, 5) is 18.5. The van der Waals surface area contributed by atoms with Crippen LogP contribution in [0.15, 0.2) is 36.8 Å². The highest BCUT2D eigenvalue weighted by Crippen LogP contribution is 2.30. The molecule has 0 aliphatic rings. The van der Waals surface area contributed by atoms with Gasteiger partial charge in [0, 0.05) is 12.7 Å². The number of likely N-dealkylation sites (N-methyl/N-ethyl adjacent to an activating group) is 1. The third-order valence-corrected chi connectivity index (χ3v) is 4.65. The van der Waals surface area contributed by atoms with Crippen molar-refractivity contribution < 1.29 is 35.9 Å². The van der Waals surface area contributed by atoms with Gasteiger partial charge < -0.3 is 9.64 Å². The van der Waals surface area contributed by atoms with E-state index in [1.54, 1.807) is 6.92 Å². The van der Waals surface area contributed by atoms with Crippen LogP contribution in [0.3, 0.4) is 0 Å². The van der Waals surface area contributed by atoms with Crippen LogP contribution in [0, 0.1) is 17.5 Å². The summed E-state index contributed by atoms with van der Waals surface area (Å²) in [5.74, 6) is -5.25. The van der Waals surface area contributed by atoms with Crippen molar-refractivity contribution in [2.45, 2.75) is 26.1 Å². The molecular weight excluding hydrogens is 456 g/mol. The summed E-state index contributed by atoms with van der Waals surface area (Å²) in [7, 11) is 0. The van der Waals surface area contributed by atoms with E-state index in [2.05, 4.69) is 15.2 Å². The van der Waals surface area contributed by atoms with Crippen molar-refractivity contribution in [3.8, 4) is 11.6 Å². The Morgan fingerprint density at radius 3 is 2.39 bits per heavy atom. The fourth-order valence-electron chi connectivity index (χ4n) is 3.03. The molecule has 1 unspecified atom stereocenters. The van der Waals surface area contributed by atoms with Crippen LogP contribution in [0.25, 0.3) is 5.69 Å². The van der Waals surface area contributed by atoms with Crippen LogP contribution in [-0.4, -0.2) is 50.0 Å². The van der Waals surface area contributed by atoms with Crippen LogP contribution in [0.1, 0.15) is 29.8 Å². The summed E-state index contributed by atoms with van der Waals surface area (Å²) in [5.41, 5.74) is -2.01. The Kier molecular flexibility index (Phi) is 6.89. The lowest BCUT2D eigenvalue weighted by Crippen LogP contribution is -2.42. The van der Waals surface area contributed by atoms with Crippen LogP contribution in [0.2, 0.25) is 0 Å². The van der Waals surface area contributed by atoms with Crippen molar-refractivity contribution >= 4 is 5.91 Å². The Morgan fingerprint density at radius 2 is 1.82 bits per heavy atom. The van der Waals surface area contributed by atoms with E-state index >= 15 is 0 Å². The van der Waals surface area contributed by atoms with E-state index in [9.17, 15) is 31.1 Å². The fraction of sp³-hybridized carbons (Fsp3) is 0.300. The van der Waals surface area contributed by atoms with Crippen molar-refractivity contribution in [3.05, 3.63) is 65.4 Å². The van der Waals surface area contributed by atoms with E-state index < -0.39 is 52.7 Å². The minimum Gasteiger partial charge on any atom is -0.473 e. The number of pyridine rings is 1. The van der Waals surface area contributed by atoms with E-state index in [0.29, 0.717) is 6.20 Å². The molecule has 13 heteroatoms. The monoisotopic (exact) mass is 473 g/mol. The number of carbonyl (C=O) groups is 1. The van der Waals surface area contributed by atoms with Gasteiger partial charge in [-0.2, -0.15) is 23.4 Å². The maximum absolute atomic E-state index is 14.5. The molecule has 0 saturated heterocycles. The smallest absolute Gasteiger partial charge is 0.417 e. The van der Waals surface area contributed by atoms with Crippen LogP contribution >= 0.6 is 0 Å². The predicted octanol–water partition coefficient (Wildman–Crippen LogP) is 4.03. The van der Waals surface area contributed by atoms with E-state index in [4.69, 9.17) is 4.74 Å². The predicted molar refractivity (Wildman–Crippen MR) is 102 cm³/mol. The third-order valence-electron chi connectivity index (χ3n) is 4.65. The second-order valence-corrected chi connectivity index (χ2v) is 6.84. The topological polar surface area (TPSA) is 73.1 Å². The van der Waals surface area contributed by atoms with E-state index in [1.165, 1.54) is 24.2 Å². The van der Waals surface area contributed by atoms with Crippen molar-refractivity contribution in [1.82, 2.24) is 24.9 Å². The summed E-state index contributed by atoms with van der Waals surface area (Å²) >= 11 is 0. The number of ether oxygens (including phenoxy) is 1. The van der Waals surface area contributed by atoms with E-state index in [0.717, 1.165) is 16.9 Å². The normalized spacial score (nSPS) is 12.5. The minimum absolute atomic E-state index is 0.0945. The molecule has 0 aliphatic carbocycles. The van der Waals surface area contributed by atoms with Gasteiger partial charge in [0.15, 0.2) is 17.5 Å². The molecule has 1 atom stereocenters. The van der Waals surface area contributed by atoms with Crippen molar-refractivity contribution in [3.63, 3.8) is 0 Å². The van der Waals surface area contributed by atoms with Crippen LogP contribution in [0.4, 0.5) is 26.3 Å². The standard InChI is InChI=1S/C20H17F6N5O2/c1-3-30(11(2)10-33-18-15(22)8-12(9-27-18)20(24,25)26)19(32)13-4-5-14(21)16(23)17(13)31-28-6-7-29-31/h4-9,11H,3,10H2,1-2H3. The first-order chi connectivity index (χ1) is 15.5. The van der Waals surface area contributed by atoms with Crippen molar-refractivity contribution in [1.29, 1.82) is 0 Å². The average molecular weight is 473 g/mol. The Labute approximate surface area is 183 Å². The maximum Gasteiger partial charge on any atom is 0.417 e. The Bertz CT molecular complexity index is 1140. The quantitative estimate of drug-likeness (QED) is 0.485. The van der Waals surface area contributed by atoms with Gasteiger partial charge in [-0.05, 0) is 32.0 Å². The number of carbonyl (C=O) groups excluding carboxylic acids is 1. The summed E-state index contributed by atoms with van der Waals surface area (Å²) in [6, 6.07) is 1.36. The summed E-state index contributed by atoms with van der Waals surface area (Å²) < 4.78 is 85.4. The molecule has 1 aromatic carbocycles. The number of rotatable bonds is 7. The largest absolute Gasteiger partial charge is 0.473 e. The van der Waals surface area contributed by atoms with Gasteiger partial charge in [-0.1, -0.05) is 0 Å². The zero-order chi connectivity index (χ0) is 24.3. The molecule has 1 amide bonds. The maximum atomic E-state index is 14.5. The third kappa shape index (κ3) is 5.07. The summed E-state index contributed by atoms with van der Waals surface area (Å²) in [5, 5.41) is 7.49. The number of amides is 1. The summed E-state index contributed by atoms with van der Waals surface area (Å²) in [6.07, 6.45) is -1.90. The van der Waals surface area contributed by atoms with E-state index in [-0.39, 0.29) is 24.8 Å². The first kappa shape index (κ1) is 24.0. The Morgan fingerprint density at radius 1 is 1.15 bits per heavy atom. The second kappa shape index (κ2) is 9.46. The minimum atomic E-state index is -4.77. The SMILES string of the molecule is CCN(C(=O)c1ccc(F)c(F)c1-n1nccn1)C(C)COc1ncc(C(F)(F)F)cc1F. The molecule has 0 radical (unpaired) electrons. The van der Waals surface area contributed by atoms with Gasteiger partial charge in [-0.25, -0.2) is 18.2 Å². The molecule has 0 saturated carbocycles. The van der Waals surface area contributed by atoms with Gasteiger partial charge in [0.1, 0.15) is 12.3 Å². The molecule has 3 aromatic rings. The second-order valence-electron chi connectivity index (χ2n) is 6.84. The molecular formula is C20H17F6N5O2. The molecule has 0 bridgehead atoms. The van der Waals surface area contributed by atoms with Gasteiger partial charge in [0.05, 0.1) is 29.6 Å². The molecule has 33 heavy (non-hydrogen) atoms. The molecule has 0 spiro atoms. The number of nitrogens with zero attached hydrogens (tertiary/aromatic N) is 5. The Hall–Kier alpha value is -3.64. The molecule has 0 aliphatic heterocycles. The molecule has 2 aromatic heterocycles. The highest BCUT2D eigenvalue weighted by molar-refractivity contribution is 5.98. The van der Waals surface area contributed by atoms with Gasteiger partial charge in [0.25, 0.3) is 5.91 Å². The average Bonchev–Trinajstić information content (AvgIpc) is 3.28. The first-order valence-electron chi connectivity index (χ1n) is 9.55. The van der Waals surface area contributed by atoms with Gasteiger partial charge >= 0.3 is 6.18 Å².